The van der Waals surface area contributed by atoms with Crippen LogP contribution in [-0.4, -0.2) is 72.5 Å². The summed E-state index contributed by atoms with van der Waals surface area (Å²) in [6.07, 6.45) is 2.45. The molecule has 6 nitrogen and oxygen atoms in total. The minimum absolute atomic E-state index is 0.977. The third kappa shape index (κ3) is 9.98. The second kappa shape index (κ2) is 12.7. The van der Waals surface area contributed by atoms with Crippen LogP contribution >= 0.6 is 0 Å². The van der Waals surface area contributed by atoms with Crippen molar-refractivity contribution in [2.24, 2.45) is 0 Å². The standard InChI is InChI=1S/C18H32N3.CHF3O3S/c1-6-9-15-21(16-17-13-11-10-12-14-17)18(19(4)5)20(7-2)8-3;2-1(3,4)8(5,6)7/h10-14H,6-9,15-16H2,1-5H3;(H,5,6,7)/q+1;/p-1. The highest BCUT2D eigenvalue weighted by molar-refractivity contribution is 7.86. The van der Waals surface area contributed by atoms with Crippen LogP contribution in [0.2, 0.25) is 0 Å². The molecule has 0 heterocycles. The minimum atomic E-state index is -6.09. The van der Waals surface area contributed by atoms with Crippen molar-refractivity contribution in [3.63, 3.8) is 0 Å². The molecule has 0 N–H and O–H groups in total. The smallest absolute Gasteiger partial charge is 0.485 e. The van der Waals surface area contributed by atoms with Crippen molar-refractivity contribution >= 4 is 16.1 Å². The Morgan fingerprint density at radius 1 is 1.03 bits per heavy atom. The zero-order valence-electron chi connectivity index (χ0n) is 17.7. The summed E-state index contributed by atoms with van der Waals surface area (Å²) < 4.78 is 61.2. The number of alkyl halides is 3. The van der Waals surface area contributed by atoms with Crippen molar-refractivity contribution in [1.29, 1.82) is 0 Å². The van der Waals surface area contributed by atoms with Crippen molar-refractivity contribution in [2.75, 3.05) is 33.7 Å². The van der Waals surface area contributed by atoms with E-state index in [9.17, 15) is 13.2 Å². The molecule has 0 spiro atoms. The molecule has 1 aromatic rings. The number of guanidine groups is 1. The Bertz CT molecular complexity index is 715. The van der Waals surface area contributed by atoms with Gasteiger partial charge in [0, 0.05) is 0 Å². The molecule has 0 aromatic heterocycles. The summed E-state index contributed by atoms with van der Waals surface area (Å²) in [6, 6.07) is 10.8. The highest BCUT2D eigenvalue weighted by atomic mass is 32.2. The second-order valence-corrected chi connectivity index (χ2v) is 7.90. The van der Waals surface area contributed by atoms with E-state index in [2.05, 4.69) is 79.6 Å². The van der Waals surface area contributed by atoms with Gasteiger partial charge in [-0.2, -0.15) is 13.2 Å². The van der Waals surface area contributed by atoms with E-state index in [1.54, 1.807) is 0 Å². The van der Waals surface area contributed by atoms with Gasteiger partial charge < -0.3 is 4.55 Å². The third-order valence-electron chi connectivity index (χ3n) is 4.01. The molecule has 0 atom stereocenters. The summed E-state index contributed by atoms with van der Waals surface area (Å²) in [5, 5.41) is 0. The van der Waals surface area contributed by atoms with E-state index in [1.807, 2.05) is 0 Å². The summed E-state index contributed by atoms with van der Waals surface area (Å²) >= 11 is 0. The van der Waals surface area contributed by atoms with E-state index in [0.717, 1.165) is 26.2 Å². The first-order chi connectivity index (χ1) is 13.4. The molecule has 0 aliphatic heterocycles. The molecule has 0 aliphatic rings. The maximum atomic E-state index is 10.7. The van der Waals surface area contributed by atoms with Crippen LogP contribution in [-0.2, 0) is 16.7 Å². The highest BCUT2D eigenvalue weighted by Gasteiger charge is 2.36. The van der Waals surface area contributed by atoms with Gasteiger partial charge in [-0.3, -0.25) is 14.4 Å². The van der Waals surface area contributed by atoms with E-state index in [0.29, 0.717) is 0 Å². The second-order valence-electron chi connectivity index (χ2n) is 6.53. The molecule has 0 saturated heterocycles. The molecule has 168 valence electrons. The zero-order valence-corrected chi connectivity index (χ0v) is 18.6. The Hall–Kier alpha value is -1.81. The minimum Gasteiger partial charge on any atom is -0.741 e. The molecule has 0 bridgehead atoms. The largest absolute Gasteiger partial charge is 0.741 e. The fourth-order valence-electron chi connectivity index (χ4n) is 2.67. The maximum Gasteiger partial charge on any atom is 0.485 e. The van der Waals surface area contributed by atoms with Crippen LogP contribution in [0.25, 0.3) is 0 Å². The lowest BCUT2D eigenvalue weighted by atomic mass is 10.2. The summed E-state index contributed by atoms with van der Waals surface area (Å²) in [7, 11) is -1.79. The normalized spacial score (nSPS) is 11.3. The van der Waals surface area contributed by atoms with Crippen LogP contribution in [0.3, 0.4) is 0 Å². The molecule has 0 amide bonds. The van der Waals surface area contributed by atoms with Gasteiger partial charge in [0.05, 0.1) is 40.3 Å². The number of unbranched alkanes of at least 4 members (excludes halogenated alkanes) is 1. The van der Waals surface area contributed by atoms with Crippen molar-refractivity contribution < 1.29 is 30.7 Å². The van der Waals surface area contributed by atoms with Gasteiger partial charge in [0.15, 0.2) is 10.1 Å². The van der Waals surface area contributed by atoms with Crippen LogP contribution in [0.1, 0.15) is 39.2 Å². The average molecular weight is 440 g/mol. The van der Waals surface area contributed by atoms with Crippen molar-refractivity contribution in [1.82, 2.24) is 9.80 Å². The molecule has 0 radical (unpaired) electrons. The maximum absolute atomic E-state index is 10.7. The summed E-state index contributed by atoms with van der Waals surface area (Å²) in [6.45, 7) is 10.9. The summed E-state index contributed by atoms with van der Waals surface area (Å²) in [5.41, 5.74) is -4.27. The quantitative estimate of drug-likeness (QED) is 0.214. The van der Waals surface area contributed by atoms with Gasteiger partial charge in [-0.15, -0.1) is 0 Å². The SMILES string of the molecule is CCCCN(Cc1ccccc1)C(N(CC)CC)=[N+](C)C.O=S(=O)([O-])C(F)(F)F. The fraction of sp³-hybridized carbons (Fsp3) is 0.632. The highest BCUT2D eigenvalue weighted by Crippen LogP contribution is 2.20. The number of benzene rings is 1. The van der Waals surface area contributed by atoms with Gasteiger partial charge in [0.25, 0.3) is 0 Å². The topological polar surface area (TPSA) is 66.7 Å². The van der Waals surface area contributed by atoms with Crippen molar-refractivity contribution in [3.8, 4) is 0 Å². The number of hydrogen-bond acceptors (Lipinski definition) is 3. The Labute approximate surface area is 172 Å². The molecule has 0 fully saturated rings. The first-order valence-electron chi connectivity index (χ1n) is 9.49. The molecule has 1 rings (SSSR count). The molecule has 29 heavy (non-hydrogen) atoms. The van der Waals surface area contributed by atoms with Crippen LogP contribution in [0.4, 0.5) is 13.2 Å². The predicted molar refractivity (Wildman–Crippen MR) is 108 cm³/mol. The lowest BCUT2D eigenvalue weighted by molar-refractivity contribution is -0.476. The van der Waals surface area contributed by atoms with E-state index in [-0.39, 0.29) is 0 Å². The van der Waals surface area contributed by atoms with Gasteiger partial charge in [0.1, 0.15) is 0 Å². The molecule has 0 unspecified atom stereocenters. The van der Waals surface area contributed by atoms with Gasteiger partial charge in [0.2, 0.25) is 0 Å². The first-order valence-corrected chi connectivity index (χ1v) is 10.9. The Balaban J connectivity index is 0.000000828. The van der Waals surface area contributed by atoms with E-state index < -0.39 is 15.6 Å². The summed E-state index contributed by atoms with van der Waals surface area (Å²) in [4.78, 5) is 4.96. The third-order valence-corrected chi connectivity index (χ3v) is 4.58. The monoisotopic (exact) mass is 439 g/mol. The number of nitrogens with zero attached hydrogens (tertiary/aromatic N) is 3. The van der Waals surface area contributed by atoms with Crippen molar-refractivity contribution in [2.45, 2.75) is 45.7 Å². The zero-order chi connectivity index (χ0) is 22.7. The molecule has 10 heteroatoms. The number of halogens is 3. The van der Waals surface area contributed by atoms with Gasteiger partial charge in [-0.1, -0.05) is 43.7 Å². The Morgan fingerprint density at radius 2 is 1.52 bits per heavy atom. The first kappa shape index (κ1) is 27.2. The Morgan fingerprint density at radius 3 is 1.86 bits per heavy atom. The number of hydrogen-bond donors (Lipinski definition) is 0. The average Bonchev–Trinajstić information content (AvgIpc) is 2.62. The molecule has 0 saturated carbocycles. The fourth-order valence-corrected chi connectivity index (χ4v) is 2.67. The van der Waals surface area contributed by atoms with Crippen molar-refractivity contribution in [3.05, 3.63) is 35.9 Å². The molecular weight excluding hydrogens is 407 g/mol. The van der Waals surface area contributed by atoms with E-state index in [4.69, 9.17) is 13.0 Å². The van der Waals surface area contributed by atoms with E-state index >= 15 is 0 Å². The van der Waals surface area contributed by atoms with Gasteiger partial charge in [-0.25, -0.2) is 8.42 Å². The lowest BCUT2D eigenvalue weighted by Gasteiger charge is -2.28. The van der Waals surface area contributed by atoms with Crippen LogP contribution in [0.15, 0.2) is 30.3 Å². The Kier molecular flexibility index (Phi) is 11.9. The predicted octanol–water partition coefficient (Wildman–Crippen LogP) is 3.31. The van der Waals surface area contributed by atoms with Gasteiger partial charge >= 0.3 is 11.5 Å². The summed E-state index contributed by atoms with van der Waals surface area (Å²) in [5.74, 6) is 1.33. The van der Waals surface area contributed by atoms with Crippen LogP contribution in [0, 0.1) is 0 Å². The van der Waals surface area contributed by atoms with Crippen LogP contribution in [0.5, 0.6) is 0 Å². The number of rotatable bonds is 7. The van der Waals surface area contributed by atoms with Gasteiger partial charge in [-0.05, 0) is 25.8 Å². The lowest BCUT2D eigenvalue weighted by Crippen LogP contribution is -2.48. The molecule has 0 aliphatic carbocycles. The van der Waals surface area contributed by atoms with Crippen LogP contribution < -0.4 is 0 Å². The molecular formula is C19H32F3N3O3S. The van der Waals surface area contributed by atoms with E-state index in [1.165, 1.54) is 24.4 Å². The molecule has 1 aromatic carbocycles.